The number of hydrogen-bond acceptors (Lipinski definition) is 3. The maximum atomic E-state index is 12.4. The van der Waals surface area contributed by atoms with Crippen LogP contribution in [-0.4, -0.2) is 47.0 Å². The molecule has 1 aliphatic rings. The van der Waals surface area contributed by atoms with Gasteiger partial charge < -0.3 is 15.2 Å². The van der Waals surface area contributed by atoms with Crippen molar-refractivity contribution < 1.29 is 4.79 Å². The molecular weight excluding hydrogens is 276 g/mol. The third-order valence-corrected chi connectivity index (χ3v) is 4.59. The summed E-state index contributed by atoms with van der Waals surface area (Å²) in [5.74, 6) is 1.11. The molecule has 1 aromatic heterocycles. The number of carbonyl (C=O) groups is 1. The molecule has 118 valence electrons. The number of benzene rings is 1. The van der Waals surface area contributed by atoms with Crippen molar-refractivity contribution in [3.63, 3.8) is 0 Å². The average molecular weight is 300 g/mol. The summed E-state index contributed by atoms with van der Waals surface area (Å²) in [6.07, 6.45) is 3.28. The minimum absolute atomic E-state index is 0.212. The van der Waals surface area contributed by atoms with Crippen LogP contribution in [0.2, 0.25) is 0 Å². The lowest BCUT2D eigenvalue weighted by atomic mass is 10.0. The van der Waals surface area contributed by atoms with Gasteiger partial charge >= 0.3 is 0 Å². The highest BCUT2D eigenvalue weighted by molar-refractivity contribution is 5.79. The predicted molar refractivity (Wildman–Crippen MR) is 87.8 cm³/mol. The molecule has 2 heterocycles. The number of para-hydroxylation sites is 1. The Hall–Kier alpha value is -1.88. The maximum absolute atomic E-state index is 12.4. The number of carbonyl (C=O) groups excluding carboxylic acids is 1. The van der Waals surface area contributed by atoms with Crippen LogP contribution in [0.25, 0.3) is 11.0 Å². The molecular formula is C17H24N4O. The van der Waals surface area contributed by atoms with Crippen LogP contribution in [-0.2, 0) is 11.2 Å². The fraction of sp³-hybridized carbons (Fsp3) is 0.529. The molecule has 5 nitrogen and oxygen atoms in total. The minimum Gasteiger partial charge on any atom is -0.343 e. The maximum Gasteiger partial charge on any atom is 0.223 e. The van der Waals surface area contributed by atoms with Gasteiger partial charge in [-0.3, -0.25) is 4.79 Å². The highest BCUT2D eigenvalue weighted by Crippen LogP contribution is 2.17. The van der Waals surface area contributed by atoms with Crippen molar-refractivity contribution in [1.82, 2.24) is 20.2 Å². The Labute approximate surface area is 131 Å². The second kappa shape index (κ2) is 6.48. The molecule has 2 N–H and O–H groups in total. The fourth-order valence-electron chi connectivity index (χ4n) is 3.14. The quantitative estimate of drug-likeness (QED) is 0.908. The first-order valence-electron chi connectivity index (χ1n) is 8.06. The van der Waals surface area contributed by atoms with E-state index in [4.69, 9.17) is 0 Å². The number of piperidine rings is 1. The Morgan fingerprint density at radius 2 is 2.14 bits per heavy atom. The van der Waals surface area contributed by atoms with Gasteiger partial charge in [0.1, 0.15) is 5.82 Å². The van der Waals surface area contributed by atoms with Crippen molar-refractivity contribution in [2.75, 3.05) is 20.1 Å². The number of nitrogens with zero attached hydrogens (tertiary/aromatic N) is 2. The van der Waals surface area contributed by atoms with Crippen molar-refractivity contribution in [2.45, 2.75) is 38.6 Å². The molecule has 0 saturated carbocycles. The van der Waals surface area contributed by atoms with Gasteiger partial charge in [-0.15, -0.1) is 0 Å². The van der Waals surface area contributed by atoms with Crippen LogP contribution in [0, 0.1) is 6.92 Å². The molecule has 0 atom stereocenters. The van der Waals surface area contributed by atoms with Crippen LogP contribution >= 0.6 is 0 Å². The third kappa shape index (κ3) is 3.14. The largest absolute Gasteiger partial charge is 0.343 e. The number of imidazole rings is 1. The van der Waals surface area contributed by atoms with Gasteiger partial charge in [0, 0.05) is 25.9 Å². The summed E-state index contributed by atoms with van der Waals surface area (Å²) in [7, 11) is 1.93. The Kier molecular flexibility index (Phi) is 4.43. The zero-order valence-electron chi connectivity index (χ0n) is 13.4. The lowest BCUT2D eigenvalue weighted by Crippen LogP contribution is -2.44. The number of hydrogen-bond donors (Lipinski definition) is 2. The highest BCUT2D eigenvalue weighted by Gasteiger charge is 2.21. The van der Waals surface area contributed by atoms with E-state index in [0.29, 0.717) is 18.9 Å². The molecule has 0 bridgehead atoms. The molecule has 0 radical (unpaired) electrons. The Morgan fingerprint density at radius 1 is 1.36 bits per heavy atom. The lowest BCUT2D eigenvalue weighted by molar-refractivity contribution is -0.132. The second-order valence-electron chi connectivity index (χ2n) is 6.14. The molecule has 0 spiro atoms. The van der Waals surface area contributed by atoms with Crippen molar-refractivity contribution in [3.05, 3.63) is 29.6 Å². The molecule has 1 amide bonds. The summed E-state index contributed by atoms with van der Waals surface area (Å²) >= 11 is 0. The van der Waals surface area contributed by atoms with Gasteiger partial charge in [-0.25, -0.2) is 4.98 Å². The van der Waals surface area contributed by atoms with Crippen molar-refractivity contribution in [1.29, 1.82) is 0 Å². The Bertz CT molecular complexity index is 658. The molecule has 2 aromatic rings. The second-order valence-corrected chi connectivity index (χ2v) is 6.14. The number of rotatable bonds is 4. The van der Waals surface area contributed by atoms with Gasteiger partial charge in [-0.1, -0.05) is 12.1 Å². The zero-order valence-corrected chi connectivity index (χ0v) is 13.4. The van der Waals surface area contributed by atoms with Crippen LogP contribution < -0.4 is 5.32 Å². The van der Waals surface area contributed by atoms with E-state index in [0.717, 1.165) is 48.4 Å². The average Bonchev–Trinajstić information content (AvgIpc) is 2.97. The molecule has 0 aliphatic carbocycles. The normalized spacial score (nSPS) is 16.1. The van der Waals surface area contributed by atoms with E-state index in [-0.39, 0.29) is 5.91 Å². The molecule has 3 rings (SSSR count). The van der Waals surface area contributed by atoms with E-state index in [1.54, 1.807) is 0 Å². The van der Waals surface area contributed by atoms with E-state index in [1.165, 1.54) is 0 Å². The van der Waals surface area contributed by atoms with E-state index in [9.17, 15) is 4.79 Å². The summed E-state index contributed by atoms with van der Waals surface area (Å²) in [5.41, 5.74) is 3.23. The third-order valence-electron chi connectivity index (χ3n) is 4.59. The first kappa shape index (κ1) is 15.0. The fourth-order valence-corrected chi connectivity index (χ4v) is 3.14. The highest BCUT2D eigenvalue weighted by atomic mass is 16.2. The summed E-state index contributed by atoms with van der Waals surface area (Å²) in [5, 5.41) is 3.33. The molecule has 1 aliphatic heterocycles. The lowest BCUT2D eigenvalue weighted by Gasteiger charge is -2.31. The van der Waals surface area contributed by atoms with Crippen LogP contribution in [0.1, 0.15) is 30.7 Å². The van der Waals surface area contributed by atoms with Gasteiger partial charge in [0.15, 0.2) is 0 Å². The smallest absolute Gasteiger partial charge is 0.223 e. The van der Waals surface area contributed by atoms with Crippen molar-refractivity contribution in [3.8, 4) is 0 Å². The van der Waals surface area contributed by atoms with Crippen LogP contribution in [0.5, 0.6) is 0 Å². The first-order chi connectivity index (χ1) is 10.6. The van der Waals surface area contributed by atoms with Gasteiger partial charge in [-0.2, -0.15) is 0 Å². The van der Waals surface area contributed by atoms with E-state index < -0.39 is 0 Å². The number of fused-ring (bicyclic) bond motifs is 1. The topological polar surface area (TPSA) is 61.0 Å². The first-order valence-corrected chi connectivity index (χ1v) is 8.06. The van der Waals surface area contributed by atoms with Crippen molar-refractivity contribution >= 4 is 16.9 Å². The number of amides is 1. The number of aromatic amines is 1. The SMILES string of the molecule is Cc1cccc2[nH]c(CCC(=O)N(C)C3CCNCC3)nc12. The predicted octanol–water partition coefficient (Wildman–Crippen LogP) is 2.01. The van der Waals surface area contributed by atoms with Crippen LogP contribution in [0.15, 0.2) is 18.2 Å². The van der Waals surface area contributed by atoms with Crippen LogP contribution in [0.3, 0.4) is 0 Å². The van der Waals surface area contributed by atoms with E-state index >= 15 is 0 Å². The van der Waals surface area contributed by atoms with Crippen LogP contribution in [0.4, 0.5) is 0 Å². The molecule has 1 saturated heterocycles. The number of aromatic nitrogens is 2. The molecule has 22 heavy (non-hydrogen) atoms. The summed E-state index contributed by atoms with van der Waals surface area (Å²) in [6, 6.07) is 6.49. The zero-order chi connectivity index (χ0) is 15.5. The minimum atomic E-state index is 0.212. The van der Waals surface area contributed by atoms with Gasteiger partial charge in [0.25, 0.3) is 0 Å². The van der Waals surface area contributed by atoms with Gasteiger partial charge in [0.2, 0.25) is 5.91 Å². The van der Waals surface area contributed by atoms with Gasteiger partial charge in [0.05, 0.1) is 11.0 Å². The standard InChI is InChI=1S/C17H24N4O/c1-12-4-3-5-14-17(12)20-15(19-14)6-7-16(22)21(2)13-8-10-18-11-9-13/h3-5,13,18H,6-11H2,1-2H3,(H,19,20). The molecule has 1 fully saturated rings. The van der Waals surface area contributed by atoms with E-state index in [2.05, 4.69) is 28.3 Å². The number of nitrogens with one attached hydrogen (secondary N) is 2. The molecule has 5 heteroatoms. The monoisotopic (exact) mass is 300 g/mol. The summed E-state index contributed by atoms with van der Waals surface area (Å²) in [6.45, 7) is 4.07. The van der Waals surface area contributed by atoms with E-state index in [1.807, 2.05) is 24.1 Å². The Morgan fingerprint density at radius 3 is 2.86 bits per heavy atom. The molecule has 1 aromatic carbocycles. The summed E-state index contributed by atoms with van der Waals surface area (Å²) < 4.78 is 0. The summed E-state index contributed by atoms with van der Waals surface area (Å²) in [4.78, 5) is 22.2. The number of H-pyrrole nitrogens is 1. The van der Waals surface area contributed by atoms with Crippen molar-refractivity contribution in [2.24, 2.45) is 0 Å². The number of aryl methyl sites for hydroxylation is 2. The van der Waals surface area contributed by atoms with Gasteiger partial charge in [-0.05, 0) is 44.5 Å². The molecule has 0 unspecified atom stereocenters. The Balaban J connectivity index is 1.60.